The standard InChI is InChI=1S/C15H18F3N3O2S/c16-15(17,18)14-4-3-13(8-12(14)9-19)24(22,23)21-7-5-11-2-1-6-20-10-11/h3-4,8,11,20-21H,1-2,5-7,10H2. The Balaban J connectivity index is 2.07. The lowest BCUT2D eigenvalue weighted by Crippen LogP contribution is -2.33. The second-order valence-corrected chi connectivity index (χ2v) is 7.48. The second kappa shape index (κ2) is 7.51. The maximum Gasteiger partial charge on any atom is 0.417 e. The van der Waals surface area contributed by atoms with E-state index in [0.29, 0.717) is 18.4 Å². The van der Waals surface area contributed by atoms with Crippen LogP contribution in [-0.2, 0) is 16.2 Å². The molecule has 1 saturated heterocycles. The first-order valence-corrected chi connectivity index (χ1v) is 9.04. The fraction of sp³-hybridized carbons (Fsp3) is 0.533. The number of rotatable bonds is 5. The molecule has 24 heavy (non-hydrogen) atoms. The first kappa shape index (κ1) is 18.7. The average molecular weight is 361 g/mol. The molecule has 0 aromatic heterocycles. The van der Waals surface area contributed by atoms with Crippen molar-refractivity contribution in [1.82, 2.24) is 10.0 Å². The summed E-state index contributed by atoms with van der Waals surface area (Å²) in [6, 6.07) is 3.65. The van der Waals surface area contributed by atoms with Gasteiger partial charge in [0.15, 0.2) is 0 Å². The van der Waals surface area contributed by atoms with Crippen LogP contribution in [0.5, 0.6) is 0 Å². The fourth-order valence-corrected chi connectivity index (χ4v) is 3.75. The van der Waals surface area contributed by atoms with Gasteiger partial charge in [-0.15, -0.1) is 0 Å². The average Bonchev–Trinajstić information content (AvgIpc) is 2.54. The van der Waals surface area contributed by atoms with E-state index in [1.54, 1.807) is 0 Å². The number of halogens is 3. The molecule has 0 saturated carbocycles. The van der Waals surface area contributed by atoms with Gasteiger partial charge in [0.25, 0.3) is 0 Å². The minimum Gasteiger partial charge on any atom is -0.316 e. The number of sulfonamides is 1. The minimum absolute atomic E-state index is 0.206. The van der Waals surface area contributed by atoms with Crippen molar-refractivity contribution < 1.29 is 21.6 Å². The van der Waals surface area contributed by atoms with Gasteiger partial charge in [-0.25, -0.2) is 13.1 Å². The monoisotopic (exact) mass is 361 g/mol. The van der Waals surface area contributed by atoms with E-state index in [4.69, 9.17) is 5.26 Å². The molecule has 2 rings (SSSR count). The van der Waals surface area contributed by atoms with Crippen LogP contribution < -0.4 is 10.0 Å². The van der Waals surface area contributed by atoms with Gasteiger partial charge in [-0.2, -0.15) is 18.4 Å². The van der Waals surface area contributed by atoms with E-state index in [1.165, 1.54) is 6.07 Å². The normalized spacial score (nSPS) is 19.0. The molecule has 0 aliphatic carbocycles. The van der Waals surface area contributed by atoms with Gasteiger partial charge in [-0.1, -0.05) is 0 Å². The summed E-state index contributed by atoms with van der Waals surface area (Å²) in [5.41, 5.74) is -1.85. The largest absolute Gasteiger partial charge is 0.417 e. The van der Waals surface area contributed by atoms with Crippen LogP contribution in [0.1, 0.15) is 30.4 Å². The van der Waals surface area contributed by atoms with E-state index in [0.717, 1.165) is 38.1 Å². The molecule has 1 aliphatic rings. The molecular weight excluding hydrogens is 343 g/mol. The van der Waals surface area contributed by atoms with Gasteiger partial charge < -0.3 is 5.32 Å². The van der Waals surface area contributed by atoms with E-state index in [-0.39, 0.29) is 11.4 Å². The summed E-state index contributed by atoms with van der Waals surface area (Å²) in [6.07, 6.45) is -1.98. The SMILES string of the molecule is N#Cc1cc(S(=O)(=O)NCCC2CCCNC2)ccc1C(F)(F)F. The van der Waals surface area contributed by atoms with Gasteiger partial charge in [0.05, 0.1) is 22.1 Å². The first-order chi connectivity index (χ1) is 11.2. The predicted octanol–water partition coefficient (Wildman–Crippen LogP) is 2.25. The Morgan fingerprint density at radius 1 is 1.38 bits per heavy atom. The Labute approximate surface area is 138 Å². The van der Waals surface area contributed by atoms with Gasteiger partial charge in [0.2, 0.25) is 10.0 Å². The summed E-state index contributed by atoms with van der Waals surface area (Å²) in [5, 5.41) is 12.1. The van der Waals surface area contributed by atoms with Gasteiger partial charge in [-0.05, 0) is 56.5 Å². The van der Waals surface area contributed by atoms with Crippen molar-refractivity contribution in [2.75, 3.05) is 19.6 Å². The van der Waals surface area contributed by atoms with Crippen LogP contribution in [0.3, 0.4) is 0 Å². The zero-order valence-corrected chi connectivity index (χ0v) is 13.7. The van der Waals surface area contributed by atoms with Crippen molar-refractivity contribution in [3.05, 3.63) is 29.3 Å². The number of alkyl halides is 3. The van der Waals surface area contributed by atoms with Crippen molar-refractivity contribution >= 4 is 10.0 Å². The Kier molecular flexibility index (Phi) is 5.85. The molecule has 0 radical (unpaired) electrons. The highest BCUT2D eigenvalue weighted by molar-refractivity contribution is 7.89. The number of nitrogens with zero attached hydrogens (tertiary/aromatic N) is 1. The summed E-state index contributed by atoms with van der Waals surface area (Å²) in [7, 11) is -3.94. The predicted molar refractivity (Wildman–Crippen MR) is 81.6 cm³/mol. The lowest BCUT2D eigenvalue weighted by Gasteiger charge is -2.22. The highest BCUT2D eigenvalue weighted by Crippen LogP contribution is 2.32. The number of hydrogen-bond acceptors (Lipinski definition) is 4. The molecule has 5 nitrogen and oxygen atoms in total. The number of benzene rings is 1. The van der Waals surface area contributed by atoms with E-state index in [1.807, 2.05) is 0 Å². The molecule has 1 fully saturated rings. The van der Waals surface area contributed by atoms with Gasteiger partial charge in [0.1, 0.15) is 0 Å². The number of nitriles is 1. The lowest BCUT2D eigenvalue weighted by molar-refractivity contribution is -0.137. The van der Waals surface area contributed by atoms with Crippen LogP contribution in [-0.4, -0.2) is 28.1 Å². The maximum absolute atomic E-state index is 12.8. The minimum atomic E-state index is -4.70. The lowest BCUT2D eigenvalue weighted by atomic mass is 9.96. The zero-order chi connectivity index (χ0) is 17.8. The van der Waals surface area contributed by atoms with Gasteiger partial charge in [-0.3, -0.25) is 0 Å². The third-order valence-corrected chi connectivity index (χ3v) is 5.43. The second-order valence-electron chi connectivity index (χ2n) is 5.72. The molecule has 0 amide bonds. The van der Waals surface area contributed by atoms with Crippen molar-refractivity contribution in [3.8, 4) is 6.07 Å². The van der Waals surface area contributed by atoms with Crippen LogP contribution in [0.15, 0.2) is 23.1 Å². The smallest absolute Gasteiger partial charge is 0.316 e. The van der Waals surface area contributed by atoms with Crippen molar-refractivity contribution in [2.45, 2.75) is 30.3 Å². The Hall–Kier alpha value is -1.63. The number of hydrogen-bond donors (Lipinski definition) is 2. The highest BCUT2D eigenvalue weighted by atomic mass is 32.2. The molecular formula is C15H18F3N3O2S. The van der Waals surface area contributed by atoms with Crippen LogP contribution in [0.2, 0.25) is 0 Å². The summed E-state index contributed by atoms with van der Waals surface area (Å²) in [4.78, 5) is -0.339. The molecule has 1 atom stereocenters. The van der Waals surface area contributed by atoms with Crippen molar-refractivity contribution in [1.29, 1.82) is 5.26 Å². The molecule has 1 unspecified atom stereocenters. The van der Waals surface area contributed by atoms with Gasteiger partial charge >= 0.3 is 6.18 Å². The molecule has 1 heterocycles. The maximum atomic E-state index is 12.8. The van der Waals surface area contributed by atoms with E-state index in [9.17, 15) is 21.6 Å². The van der Waals surface area contributed by atoms with E-state index in [2.05, 4.69) is 10.0 Å². The third-order valence-electron chi connectivity index (χ3n) is 3.97. The Morgan fingerprint density at radius 2 is 2.12 bits per heavy atom. The quantitative estimate of drug-likeness (QED) is 0.843. The molecule has 1 aromatic rings. The topological polar surface area (TPSA) is 82.0 Å². The summed E-state index contributed by atoms with van der Waals surface area (Å²) < 4.78 is 65.0. The van der Waals surface area contributed by atoms with E-state index >= 15 is 0 Å². The number of piperidine rings is 1. The van der Waals surface area contributed by atoms with Crippen LogP contribution in [0, 0.1) is 17.2 Å². The van der Waals surface area contributed by atoms with Gasteiger partial charge in [0, 0.05) is 6.54 Å². The summed E-state index contributed by atoms with van der Waals surface area (Å²) in [6.45, 7) is 2.00. The van der Waals surface area contributed by atoms with Crippen molar-refractivity contribution in [2.24, 2.45) is 5.92 Å². The summed E-state index contributed by atoms with van der Waals surface area (Å²) >= 11 is 0. The Bertz CT molecular complexity index is 720. The molecule has 0 spiro atoms. The fourth-order valence-electron chi connectivity index (χ4n) is 2.68. The van der Waals surface area contributed by atoms with Crippen LogP contribution in [0.4, 0.5) is 13.2 Å². The first-order valence-electron chi connectivity index (χ1n) is 7.56. The molecule has 2 N–H and O–H groups in total. The molecule has 1 aromatic carbocycles. The Morgan fingerprint density at radius 3 is 2.71 bits per heavy atom. The van der Waals surface area contributed by atoms with Crippen LogP contribution in [0.25, 0.3) is 0 Å². The zero-order valence-electron chi connectivity index (χ0n) is 12.9. The molecule has 0 bridgehead atoms. The van der Waals surface area contributed by atoms with Crippen LogP contribution >= 0.6 is 0 Å². The number of nitrogens with one attached hydrogen (secondary N) is 2. The molecule has 9 heteroatoms. The molecule has 132 valence electrons. The molecule has 1 aliphatic heterocycles. The third kappa shape index (κ3) is 4.69. The summed E-state index contributed by atoms with van der Waals surface area (Å²) in [5.74, 6) is 0.378. The van der Waals surface area contributed by atoms with E-state index < -0.39 is 27.3 Å². The van der Waals surface area contributed by atoms with Crippen molar-refractivity contribution in [3.63, 3.8) is 0 Å². The highest BCUT2D eigenvalue weighted by Gasteiger charge is 2.34.